The second kappa shape index (κ2) is 9.34. The summed E-state index contributed by atoms with van der Waals surface area (Å²) in [4.78, 5) is 4.81. The van der Waals surface area contributed by atoms with E-state index >= 15 is 0 Å². The van der Waals surface area contributed by atoms with Gasteiger partial charge in [-0.15, -0.1) is 5.10 Å². The third kappa shape index (κ3) is 4.67. The minimum atomic E-state index is -0.231. The van der Waals surface area contributed by atoms with Crippen molar-refractivity contribution in [1.82, 2.24) is 25.1 Å². The van der Waals surface area contributed by atoms with E-state index in [1.165, 1.54) is 17.8 Å². The van der Waals surface area contributed by atoms with E-state index in [0.717, 1.165) is 50.5 Å². The summed E-state index contributed by atoms with van der Waals surface area (Å²) in [7, 11) is 0. The van der Waals surface area contributed by atoms with Crippen LogP contribution in [0.5, 0.6) is 0 Å². The molecule has 1 aliphatic rings. The summed E-state index contributed by atoms with van der Waals surface area (Å²) in [5.41, 5.74) is 2.27. The zero-order valence-corrected chi connectivity index (χ0v) is 17.7. The molecule has 0 spiro atoms. The zero-order chi connectivity index (χ0) is 20.9. The molecule has 1 unspecified atom stereocenters. The van der Waals surface area contributed by atoms with Gasteiger partial charge in [0.1, 0.15) is 5.82 Å². The van der Waals surface area contributed by atoms with Crippen LogP contribution in [-0.4, -0.2) is 51.3 Å². The number of rotatable bonds is 7. The standard InChI is InChI=1S/C23H29FN6/c1-18(2)12-13-30-23(25-26-27-30)22(19-8-10-20(24)11-9-19)29-16-14-28(15-17-29)21-6-4-3-5-7-21/h3-11,18,22H,12-17H2,1-2H3. The molecule has 0 aliphatic carbocycles. The Kier molecular flexibility index (Phi) is 6.38. The Hall–Kier alpha value is -2.80. The lowest BCUT2D eigenvalue weighted by atomic mass is 10.0. The molecule has 0 saturated carbocycles. The Labute approximate surface area is 177 Å². The first-order valence-electron chi connectivity index (χ1n) is 10.7. The quantitative estimate of drug-likeness (QED) is 0.596. The molecule has 1 atom stereocenters. The van der Waals surface area contributed by atoms with Gasteiger partial charge in [-0.2, -0.15) is 0 Å². The fourth-order valence-electron chi connectivity index (χ4n) is 3.99. The molecule has 7 heteroatoms. The second-order valence-corrected chi connectivity index (χ2v) is 8.26. The summed E-state index contributed by atoms with van der Waals surface area (Å²) in [6, 6.07) is 17.1. The van der Waals surface area contributed by atoms with Crippen molar-refractivity contribution in [3.63, 3.8) is 0 Å². The molecule has 1 aromatic heterocycles. The monoisotopic (exact) mass is 408 g/mol. The average Bonchev–Trinajstić information content (AvgIpc) is 3.23. The molecular weight excluding hydrogens is 379 g/mol. The molecule has 3 aromatic rings. The minimum Gasteiger partial charge on any atom is -0.369 e. The van der Waals surface area contributed by atoms with Crippen molar-refractivity contribution in [3.05, 3.63) is 71.8 Å². The molecule has 0 radical (unpaired) electrons. The Balaban J connectivity index is 1.58. The summed E-state index contributed by atoms with van der Waals surface area (Å²) >= 11 is 0. The van der Waals surface area contributed by atoms with E-state index in [-0.39, 0.29) is 11.9 Å². The number of anilines is 1. The van der Waals surface area contributed by atoms with Crippen LogP contribution in [0.1, 0.15) is 37.7 Å². The smallest absolute Gasteiger partial charge is 0.173 e. The van der Waals surface area contributed by atoms with Gasteiger partial charge in [-0.3, -0.25) is 4.90 Å². The van der Waals surface area contributed by atoms with E-state index in [0.29, 0.717) is 5.92 Å². The molecule has 6 nitrogen and oxygen atoms in total. The van der Waals surface area contributed by atoms with Crippen LogP contribution in [0.2, 0.25) is 0 Å². The lowest BCUT2D eigenvalue weighted by molar-refractivity contribution is 0.200. The predicted molar refractivity (Wildman–Crippen MR) is 116 cm³/mol. The Morgan fingerprint density at radius 2 is 1.63 bits per heavy atom. The van der Waals surface area contributed by atoms with Gasteiger partial charge in [0.15, 0.2) is 5.82 Å². The predicted octanol–water partition coefficient (Wildman–Crippen LogP) is 3.77. The highest BCUT2D eigenvalue weighted by molar-refractivity contribution is 5.46. The van der Waals surface area contributed by atoms with E-state index in [1.807, 2.05) is 22.9 Å². The maximum Gasteiger partial charge on any atom is 0.173 e. The number of tetrazole rings is 1. The highest BCUT2D eigenvalue weighted by atomic mass is 19.1. The van der Waals surface area contributed by atoms with Gasteiger partial charge >= 0.3 is 0 Å². The summed E-state index contributed by atoms with van der Waals surface area (Å²) < 4.78 is 15.5. The van der Waals surface area contributed by atoms with Crippen molar-refractivity contribution in [1.29, 1.82) is 0 Å². The van der Waals surface area contributed by atoms with E-state index in [2.05, 4.69) is 63.4 Å². The Bertz CT molecular complexity index is 916. The number of aromatic nitrogens is 4. The van der Waals surface area contributed by atoms with Crippen molar-refractivity contribution in [3.8, 4) is 0 Å². The highest BCUT2D eigenvalue weighted by Gasteiger charge is 2.30. The summed E-state index contributed by atoms with van der Waals surface area (Å²) in [6.07, 6.45) is 1.01. The zero-order valence-electron chi connectivity index (χ0n) is 17.7. The molecule has 2 heterocycles. The molecule has 158 valence electrons. The maximum absolute atomic E-state index is 13.6. The first-order chi connectivity index (χ1) is 14.6. The van der Waals surface area contributed by atoms with Gasteiger partial charge in [0.25, 0.3) is 0 Å². The lowest BCUT2D eigenvalue weighted by Gasteiger charge is -2.40. The van der Waals surface area contributed by atoms with Crippen molar-refractivity contribution < 1.29 is 4.39 Å². The van der Waals surface area contributed by atoms with E-state index in [1.54, 1.807) is 0 Å². The molecule has 0 amide bonds. The minimum absolute atomic E-state index is 0.0920. The Morgan fingerprint density at radius 1 is 0.933 bits per heavy atom. The fourth-order valence-corrected chi connectivity index (χ4v) is 3.99. The van der Waals surface area contributed by atoms with Crippen LogP contribution in [0, 0.1) is 11.7 Å². The fraction of sp³-hybridized carbons (Fsp3) is 0.435. The number of nitrogens with zero attached hydrogens (tertiary/aromatic N) is 6. The van der Waals surface area contributed by atoms with Gasteiger partial charge in [-0.05, 0) is 52.6 Å². The third-order valence-electron chi connectivity index (χ3n) is 5.71. The first-order valence-corrected chi connectivity index (χ1v) is 10.7. The number of para-hydroxylation sites is 1. The van der Waals surface area contributed by atoms with Gasteiger partial charge in [-0.25, -0.2) is 9.07 Å². The molecule has 1 aliphatic heterocycles. The second-order valence-electron chi connectivity index (χ2n) is 8.26. The van der Waals surface area contributed by atoms with Gasteiger partial charge in [0.05, 0.1) is 6.04 Å². The molecule has 1 saturated heterocycles. The average molecular weight is 409 g/mol. The molecular formula is C23H29FN6. The maximum atomic E-state index is 13.6. The van der Waals surface area contributed by atoms with Gasteiger partial charge < -0.3 is 4.90 Å². The van der Waals surface area contributed by atoms with Crippen LogP contribution in [0.3, 0.4) is 0 Å². The van der Waals surface area contributed by atoms with Crippen LogP contribution in [0.25, 0.3) is 0 Å². The Morgan fingerprint density at radius 3 is 2.30 bits per heavy atom. The topological polar surface area (TPSA) is 50.1 Å². The first kappa shape index (κ1) is 20.5. The largest absolute Gasteiger partial charge is 0.369 e. The highest BCUT2D eigenvalue weighted by Crippen LogP contribution is 2.29. The molecule has 4 rings (SSSR count). The number of hydrogen-bond donors (Lipinski definition) is 0. The summed E-state index contributed by atoms with van der Waals surface area (Å²) in [6.45, 7) is 8.79. The van der Waals surface area contributed by atoms with Crippen molar-refractivity contribution in [2.75, 3.05) is 31.1 Å². The van der Waals surface area contributed by atoms with Gasteiger partial charge in [0, 0.05) is 38.4 Å². The van der Waals surface area contributed by atoms with E-state index in [9.17, 15) is 4.39 Å². The number of aryl methyl sites for hydroxylation is 1. The van der Waals surface area contributed by atoms with Crippen molar-refractivity contribution >= 4 is 5.69 Å². The van der Waals surface area contributed by atoms with Gasteiger partial charge in [-0.1, -0.05) is 44.2 Å². The molecule has 0 N–H and O–H groups in total. The lowest BCUT2D eigenvalue weighted by Crippen LogP contribution is -2.48. The summed E-state index contributed by atoms with van der Waals surface area (Å²) in [5, 5.41) is 12.6. The number of benzene rings is 2. The van der Waals surface area contributed by atoms with E-state index in [4.69, 9.17) is 0 Å². The van der Waals surface area contributed by atoms with Crippen LogP contribution in [0.15, 0.2) is 54.6 Å². The van der Waals surface area contributed by atoms with Crippen LogP contribution >= 0.6 is 0 Å². The molecule has 2 aromatic carbocycles. The van der Waals surface area contributed by atoms with Crippen LogP contribution < -0.4 is 4.90 Å². The van der Waals surface area contributed by atoms with Crippen LogP contribution in [-0.2, 0) is 6.54 Å². The summed E-state index contributed by atoms with van der Waals surface area (Å²) in [5.74, 6) is 1.17. The van der Waals surface area contributed by atoms with Crippen LogP contribution in [0.4, 0.5) is 10.1 Å². The normalized spacial score (nSPS) is 16.2. The third-order valence-corrected chi connectivity index (χ3v) is 5.71. The van der Waals surface area contributed by atoms with E-state index < -0.39 is 0 Å². The van der Waals surface area contributed by atoms with Gasteiger partial charge in [0.2, 0.25) is 0 Å². The molecule has 0 bridgehead atoms. The number of hydrogen-bond acceptors (Lipinski definition) is 5. The number of piperazine rings is 1. The SMILES string of the molecule is CC(C)CCn1nnnc1C(c1ccc(F)cc1)N1CCN(c2ccccc2)CC1. The molecule has 1 fully saturated rings. The number of halogens is 1. The molecule has 30 heavy (non-hydrogen) atoms. The van der Waals surface area contributed by atoms with Crippen molar-refractivity contribution in [2.24, 2.45) is 5.92 Å². The van der Waals surface area contributed by atoms with Crippen molar-refractivity contribution in [2.45, 2.75) is 32.9 Å².